The molecule has 0 aliphatic heterocycles. The Hall–Kier alpha value is -2.25. The number of hydrogen-bond donors (Lipinski definition) is 1. The summed E-state index contributed by atoms with van der Waals surface area (Å²) < 4.78 is 4.63. The molecule has 0 aliphatic rings. The Morgan fingerprint density at radius 2 is 1.86 bits per heavy atom. The van der Waals surface area contributed by atoms with Crippen LogP contribution in [-0.4, -0.2) is 33.9 Å². The summed E-state index contributed by atoms with van der Waals surface area (Å²) in [5, 5.41) is 2.84. The molecule has 0 fully saturated rings. The molecular formula is C13H10Cl2N4O3. The second-order valence-electron chi connectivity index (χ2n) is 4.12. The number of esters is 1. The molecule has 0 spiro atoms. The van der Waals surface area contributed by atoms with Gasteiger partial charge in [-0.15, -0.1) is 0 Å². The minimum Gasteiger partial charge on any atom is -0.464 e. The highest BCUT2D eigenvalue weighted by Gasteiger charge is 2.20. The Bertz CT molecular complexity index is 735. The van der Waals surface area contributed by atoms with Crippen LogP contribution in [0.3, 0.4) is 0 Å². The Labute approximate surface area is 135 Å². The lowest BCUT2D eigenvalue weighted by Gasteiger charge is -2.10. The van der Waals surface area contributed by atoms with Crippen molar-refractivity contribution in [1.29, 1.82) is 0 Å². The summed E-state index contributed by atoms with van der Waals surface area (Å²) in [4.78, 5) is 35.1. The normalized spacial score (nSPS) is 10.2. The molecule has 9 heteroatoms. The molecule has 2 rings (SSSR count). The maximum Gasteiger partial charge on any atom is 0.358 e. The second-order valence-corrected chi connectivity index (χ2v) is 4.93. The fourth-order valence-electron chi connectivity index (χ4n) is 1.60. The quantitative estimate of drug-likeness (QED) is 0.863. The Kier molecular flexibility index (Phi) is 4.89. The van der Waals surface area contributed by atoms with E-state index in [1.807, 2.05) is 0 Å². The summed E-state index contributed by atoms with van der Waals surface area (Å²) in [7, 11) is 1.20. The van der Waals surface area contributed by atoms with Crippen LogP contribution in [0, 0.1) is 0 Å². The Morgan fingerprint density at radius 1 is 1.23 bits per heavy atom. The number of ether oxygens (including phenoxy) is 1. The van der Waals surface area contributed by atoms with E-state index in [-0.39, 0.29) is 33.8 Å². The van der Waals surface area contributed by atoms with Gasteiger partial charge in [0.2, 0.25) is 5.91 Å². The van der Waals surface area contributed by atoms with Crippen LogP contribution in [0.25, 0.3) is 11.5 Å². The zero-order valence-electron chi connectivity index (χ0n) is 11.6. The minimum absolute atomic E-state index is 0.0280. The molecule has 0 bridgehead atoms. The van der Waals surface area contributed by atoms with Crippen LogP contribution < -0.4 is 5.32 Å². The van der Waals surface area contributed by atoms with Gasteiger partial charge in [0.05, 0.1) is 22.8 Å². The first-order chi connectivity index (χ1) is 10.4. The SMILES string of the molecule is COC(=O)c1nc(-c2ncc(Cl)cn2)cc(NC(C)=O)c1Cl. The van der Waals surface area contributed by atoms with Crippen molar-refractivity contribution >= 4 is 40.8 Å². The molecule has 1 N–H and O–H groups in total. The van der Waals surface area contributed by atoms with Gasteiger partial charge in [-0.2, -0.15) is 0 Å². The highest BCUT2D eigenvalue weighted by Crippen LogP contribution is 2.29. The van der Waals surface area contributed by atoms with E-state index in [0.717, 1.165) is 0 Å². The standard InChI is InChI=1S/C13H10Cl2N4O3/c1-6(20)18-8-3-9(12-16-4-7(14)5-17-12)19-11(10(8)15)13(21)22-2/h3-5H,1-2H3,(H,18,19,20). The van der Waals surface area contributed by atoms with Gasteiger partial charge >= 0.3 is 5.97 Å². The first-order valence-electron chi connectivity index (χ1n) is 5.96. The molecule has 7 nitrogen and oxygen atoms in total. The molecule has 22 heavy (non-hydrogen) atoms. The topological polar surface area (TPSA) is 94.1 Å². The average molecular weight is 341 g/mol. The summed E-state index contributed by atoms with van der Waals surface area (Å²) in [6.07, 6.45) is 2.77. The molecule has 0 atom stereocenters. The van der Waals surface area contributed by atoms with Gasteiger partial charge in [0, 0.05) is 19.3 Å². The minimum atomic E-state index is -0.743. The largest absolute Gasteiger partial charge is 0.464 e. The number of aromatic nitrogens is 3. The highest BCUT2D eigenvalue weighted by molar-refractivity contribution is 6.36. The zero-order valence-corrected chi connectivity index (χ0v) is 13.1. The number of halogens is 2. The van der Waals surface area contributed by atoms with Gasteiger partial charge in [0.25, 0.3) is 0 Å². The average Bonchev–Trinajstić information content (AvgIpc) is 2.49. The molecule has 2 heterocycles. The van der Waals surface area contributed by atoms with Crippen LogP contribution >= 0.6 is 23.2 Å². The third-order valence-electron chi connectivity index (χ3n) is 2.50. The maximum atomic E-state index is 11.8. The molecule has 1 amide bonds. The number of nitrogens with one attached hydrogen (secondary N) is 1. The van der Waals surface area contributed by atoms with Crippen LogP contribution in [0.15, 0.2) is 18.5 Å². The maximum absolute atomic E-state index is 11.8. The van der Waals surface area contributed by atoms with E-state index in [2.05, 4.69) is 25.0 Å². The Morgan fingerprint density at radius 3 is 2.41 bits per heavy atom. The number of pyridine rings is 1. The van der Waals surface area contributed by atoms with Crippen LogP contribution in [0.5, 0.6) is 0 Å². The fraction of sp³-hybridized carbons (Fsp3) is 0.154. The summed E-state index contributed by atoms with van der Waals surface area (Å²) in [5.41, 5.74) is 0.298. The number of carbonyl (C=O) groups excluding carboxylic acids is 2. The molecule has 114 valence electrons. The van der Waals surface area contributed by atoms with E-state index in [9.17, 15) is 9.59 Å². The highest BCUT2D eigenvalue weighted by atomic mass is 35.5. The van der Waals surface area contributed by atoms with Gasteiger partial charge in [-0.1, -0.05) is 23.2 Å². The number of rotatable bonds is 3. The first-order valence-corrected chi connectivity index (χ1v) is 6.72. The number of hydrogen-bond acceptors (Lipinski definition) is 6. The van der Waals surface area contributed by atoms with Crippen LogP contribution in [-0.2, 0) is 9.53 Å². The van der Waals surface area contributed by atoms with Crippen molar-refractivity contribution in [3.63, 3.8) is 0 Å². The molecule has 0 aliphatic carbocycles. The molecular weight excluding hydrogens is 331 g/mol. The predicted octanol–water partition coefficient (Wildman–Crippen LogP) is 2.59. The third-order valence-corrected chi connectivity index (χ3v) is 3.07. The van der Waals surface area contributed by atoms with Crippen LogP contribution in [0.2, 0.25) is 10.0 Å². The molecule has 0 saturated carbocycles. The smallest absolute Gasteiger partial charge is 0.358 e. The monoisotopic (exact) mass is 340 g/mol. The van der Waals surface area contributed by atoms with Crippen molar-refractivity contribution < 1.29 is 14.3 Å². The van der Waals surface area contributed by atoms with Gasteiger partial charge < -0.3 is 10.1 Å². The number of nitrogens with zero attached hydrogens (tertiary/aromatic N) is 3. The summed E-state index contributed by atoms with van der Waals surface area (Å²) in [5.74, 6) is -0.878. The zero-order chi connectivity index (χ0) is 16.3. The van der Waals surface area contributed by atoms with E-state index in [0.29, 0.717) is 5.02 Å². The second kappa shape index (κ2) is 6.67. The molecule has 0 aromatic carbocycles. The molecule has 0 saturated heterocycles. The summed E-state index contributed by atoms with van der Waals surface area (Å²) >= 11 is 11.8. The number of methoxy groups -OCH3 is 1. The molecule has 2 aromatic rings. The number of carbonyl (C=O) groups is 2. The van der Waals surface area contributed by atoms with Crippen molar-refractivity contribution in [2.45, 2.75) is 6.92 Å². The van der Waals surface area contributed by atoms with Crippen LogP contribution in [0.1, 0.15) is 17.4 Å². The van der Waals surface area contributed by atoms with E-state index in [1.165, 1.54) is 32.5 Å². The van der Waals surface area contributed by atoms with E-state index in [4.69, 9.17) is 23.2 Å². The van der Waals surface area contributed by atoms with Gasteiger partial charge in [-0.3, -0.25) is 4.79 Å². The summed E-state index contributed by atoms with van der Waals surface area (Å²) in [6, 6.07) is 1.46. The van der Waals surface area contributed by atoms with Gasteiger partial charge in [0.15, 0.2) is 11.5 Å². The predicted molar refractivity (Wildman–Crippen MR) is 80.9 cm³/mol. The van der Waals surface area contributed by atoms with Crippen molar-refractivity contribution in [2.75, 3.05) is 12.4 Å². The van der Waals surface area contributed by atoms with E-state index < -0.39 is 5.97 Å². The molecule has 0 unspecified atom stereocenters. The van der Waals surface area contributed by atoms with Crippen molar-refractivity contribution in [3.8, 4) is 11.5 Å². The third kappa shape index (κ3) is 3.49. The van der Waals surface area contributed by atoms with Crippen molar-refractivity contribution in [3.05, 3.63) is 34.2 Å². The number of amides is 1. The molecule has 0 radical (unpaired) electrons. The summed E-state index contributed by atoms with van der Waals surface area (Å²) in [6.45, 7) is 1.31. The fourth-order valence-corrected chi connectivity index (χ4v) is 1.92. The van der Waals surface area contributed by atoms with Crippen molar-refractivity contribution in [1.82, 2.24) is 15.0 Å². The lowest BCUT2D eigenvalue weighted by atomic mass is 10.2. The Balaban J connectivity index is 2.61. The van der Waals surface area contributed by atoms with E-state index >= 15 is 0 Å². The van der Waals surface area contributed by atoms with E-state index in [1.54, 1.807) is 0 Å². The van der Waals surface area contributed by atoms with Crippen molar-refractivity contribution in [2.24, 2.45) is 0 Å². The van der Waals surface area contributed by atoms with Gasteiger partial charge in [-0.25, -0.2) is 19.7 Å². The van der Waals surface area contributed by atoms with Gasteiger partial charge in [0.1, 0.15) is 5.69 Å². The van der Waals surface area contributed by atoms with Gasteiger partial charge in [-0.05, 0) is 6.07 Å². The molecule has 2 aromatic heterocycles. The van der Waals surface area contributed by atoms with Crippen LogP contribution in [0.4, 0.5) is 5.69 Å². The lowest BCUT2D eigenvalue weighted by Crippen LogP contribution is -2.12. The lowest BCUT2D eigenvalue weighted by molar-refractivity contribution is -0.114. The number of anilines is 1. The first kappa shape index (κ1) is 16.1.